The SMILES string of the molecule is OC1CC=COC12CCC1(CCCO1)O2. The van der Waals surface area contributed by atoms with Crippen LogP contribution in [0.5, 0.6) is 0 Å². The van der Waals surface area contributed by atoms with Crippen molar-refractivity contribution in [2.45, 2.75) is 49.8 Å². The summed E-state index contributed by atoms with van der Waals surface area (Å²) in [5.74, 6) is -1.33. The van der Waals surface area contributed by atoms with Gasteiger partial charge in [0.05, 0.1) is 12.9 Å². The zero-order valence-corrected chi connectivity index (χ0v) is 8.65. The van der Waals surface area contributed by atoms with Crippen LogP contribution in [0.1, 0.15) is 32.1 Å². The van der Waals surface area contributed by atoms with E-state index in [0.717, 1.165) is 25.9 Å². The van der Waals surface area contributed by atoms with Crippen molar-refractivity contribution in [3.05, 3.63) is 12.3 Å². The Bertz CT molecular complexity index is 282. The Morgan fingerprint density at radius 1 is 1.27 bits per heavy atom. The van der Waals surface area contributed by atoms with Gasteiger partial charge in [0.25, 0.3) is 0 Å². The third-order valence-electron chi connectivity index (χ3n) is 3.51. The van der Waals surface area contributed by atoms with E-state index in [1.807, 2.05) is 6.08 Å². The molecule has 0 aromatic heterocycles. The number of hydrogen-bond acceptors (Lipinski definition) is 4. The number of aliphatic hydroxyl groups is 1. The molecule has 3 heterocycles. The molecule has 0 radical (unpaired) electrons. The van der Waals surface area contributed by atoms with Crippen molar-refractivity contribution in [2.24, 2.45) is 0 Å². The highest BCUT2D eigenvalue weighted by atomic mass is 16.8. The molecule has 0 bridgehead atoms. The topological polar surface area (TPSA) is 47.9 Å². The number of hydrogen-bond donors (Lipinski definition) is 1. The number of ether oxygens (including phenoxy) is 3. The second-order valence-corrected chi connectivity index (χ2v) is 4.52. The molecular formula is C11H16O4. The number of aliphatic hydroxyl groups excluding tert-OH is 1. The Hall–Kier alpha value is -0.580. The summed E-state index contributed by atoms with van der Waals surface area (Å²) in [7, 11) is 0. The molecule has 2 spiro atoms. The molecule has 2 saturated heterocycles. The van der Waals surface area contributed by atoms with Crippen LogP contribution < -0.4 is 0 Å². The normalized spacial score (nSPS) is 49.0. The maximum atomic E-state index is 9.95. The van der Waals surface area contributed by atoms with Crippen molar-refractivity contribution in [3.63, 3.8) is 0 Å². The molecule has 4 heteroatoms. The van der Waals surface area contributed by atoms with E-state index in [4.69, 9.17) is 14.2 Å². The molecule has 3 rings (SSSR count). The van der Waals surface area contributed by atoms with E-state index in [2.05, 4.69) is 0 Å². The monoisotopic (exact) mass is 212 g/mol. The lowest BCUT2D eigenvalue weighted by atomic mass is 10.0. The van der Waals surface area contributed by atoms with Crippen LogP contribution in [0.25, 0.3) is 0 Å². The first-order valence-electron chi connectivity index (χ1n) is 5.60. The highest BCUT2D eigenvalue weighted by molar-refractivity contribution is 5.00. The van der Waals surface area contributed by atoms with E-state index in [1.54, 1.807) is 6.26 Å². The molecule has 3 aliphatic rings. The van der Waals surface area contributed by atoms with Crippen LogP contribution in [-0.2, 0) is 14.2 Å². The smallest absolute Gasteiger partial charge is 0.238 e. The zero-order valence-electron chi connectivity index (χ0n) is 8.65. The van der Waals surface area contributed by atoms with Crippen LogP contribution in [0.2, 0.25) is 0 Å². The van der Waals surface area contributed by atoms with Crippen LogP contribution in [-0.4, -0.2) is 29.4 Å². The Morgan fingerprint density at radius 3 is 2.93 bits per heavy atom. The minimum Gasteiger partial charge on any atom is -0.467 e. The minimum atomic E-state index is -0.848. The first kappa shape index (κ1) is 9.63. The van der Waals surface area contributed by atoms with Gasteiger partial charge in [-0.1, -0.05) is 0 Å². The van der Waals surface area contributed by atoms with E-state index in [0.29, 0.717) is 12.8 Å². The van der Waals surface area contributed by atoms with Crippen molar-refractivity contribution in [2.75, 3.05) is 6.61 Å². The third kappa shape index (κ3) is 1.40. The van der Waals surface area contributed by atoms with Crippen LogP contribution >= 0.6 is 0 Å². The summed E-state index contributed by atoms with van der Waals surface area (Å²) in [5.41, 5.74) is 0. The average Bonchev–Trinajstić information content (AvgIpc) is 2.83. The molecule has 15 heavy (non-hydrogen) atoms. The van der Waals surface area contributed by atoms with Crippen LogP contribution in [0, 0.1) is 0 Å². The lowest BCUT2D eigenvalue weighted by Crippen LogP contribution is -2.47. The highest BCUT2D eigenvalue weighted by Crippen LogP contribution is 2.47. The average molecular weight is 212 g/mol. The zero-order chi connectivity index (χ0) is 10.4. The van der Waals surface area contributed by atoms with E-state index < -0.39 is 17.7 Å². The Kier molecular flexibility index (Phi) is 2.06. The molecule has 3 aliphatic heterocycles. The van der Waals surface area contributed by atoms with Gasteiger partial charge in [-0.2, -0.15) is 0 Å². The summed E-state index contributed by atoms with van der Waals surface area (Å²) < 4.78 is 17.0. The predicted octanol–water partition coefficient (Wildman–Crippen LogP) is 1.29. The van der Waals surface area contributed by atoms with Crippen molar-refractivity contribution in [1.29, 1.82) is 0 Å². The van der Waals surface area contributed by atoms with Gasteiger partial charge in [-0.05, 0) is 12.5 Å². The standard InChI is InChI=1S/C11H16O4/c12-9-3-1-7-14-11(9)6-5-10(15-11)4-2-8-13-10/h1,7,9,12H,2-6,8H2. The van der Waals surface area contributed by atoms with Crippen molar-refractivity contribution in [3.8, 4) is 0 Å². The van der Waals surface area contributed by atoms with E-state index in [1.165, 1.54) is 0 Å². The first-order chi connectivity index (χ1) is 7.25. The van der Waals surface area contributed by atoms with E-state index >= 15 is 0 Å². The molecule has 0 amide bonds. The van der Waals surface area contributed by atoms with Gasteiger partial charge in [0.2, 0.25) is 5.79 Å². The fraction of sp³-hybridized carbons (Fsp3) is 0.818. The maximum absolute atomic E-state index is 9.95. The van der Waals surface area contributed by atoms with Gasteiger partial charge in [-0.25, -0.2) is 0 Å². The summed E-state index contributed by atoms with van der Waals surface area (Å²) in [6.07, 6.45) is 6.93. The number of rotatable bonds is 0. The summed E-state index contributed by atoms with van der Waals surface area (Å²) in [5, 5.41) is 9.95. The molecule has 0 aromatic rings. The Morgan fingerprint density at radius 2 is 2.20 bits per heavy atom. The molecule has 3 unspecified atom stereocenters. The van der Waals surface area contributed by atoms with Gasteiger partial charge in [-0.15, -0.1) is 0 Å². The first-order valence-corrected chi connectivity index (χ1v) is 5.60. The quantitative estimate of drug-likeness (QED) is 0.657. The Labute approximate surface area is 88.8 Å². The van der Waals surface area contributed by atoms with Crippen molar-refractivity contribution >= 4 is 0 Å². The minimum absolute atomic E-state index is 0.480. The molecule has 1 N–H and O–H groups in total. The molecule has 84 valence electrons. The van der Waals surface area contributed by atoms with Crippen molar-refractivity contribution < 1.29 is 19.3 Å². The largest absolute Gasteiger partial charge is 0.467 e. The molecule has 0 saturated carbocycles. The van der Waals surface area contributed by atoms with Crippen LogP contribution in [0.15, 0.2) is 12.3 Å². The van der Waals surface area contributed by atoms with Crippen LogP contribution in [0.4, 0.5) is 0 Å². The third-order valence-corrected chi connectivity index (χ3v) is 3.51. The van der Waals surface area contributed by atoms with Crippen LogP contribution in [0.3, 0.4) is 0 Å². The molecule has 2 fully saturated rings. The lowest BCUT2D eigenvalue weighted by Gasteiger charge is -2.36. The van der Waals surface area contributed by atoms with Gasteiger partial charge < -0.3 is 19.3 Å². The summed E-state index contributed by atoms with van der Waals surface area (Å²) >= 11 is 0. The van der Waals surface area contributed by atoms with E-state index in [9.17, 15) is 5.11 Å². The second kappa shape index (κ2) is 3.20. The van der Waals surface area contributed by atoms with Gasteiger partial charge in [0.15, 0.2) is 5.79 Å². The lowest BCUT2D eigenvalue weighted by molar-refractivity contribution is -0.322. The molecule has 4 nitrogen and oxygen atoms in total. The van der Waals surface area contributed by atoms with Gasteiger partial charge in [-0.3, -0.25) is 0 Å². The summed E-state index contributed by atoms with van der Waals surface area (Å²) in [6, 6.07) is 0. The van der Waals surface area contributed by atoms with Gasteiger partial charge in [0, 0.05) is 25.7 Å². The molecule has 0 aromatic carbocycles. The maximum Gasteiger partial charge on any atom is 0.238 e. The fourth-order valence-electron chi connectivity index (χ4n) is 2.65. The Balaban J connectivity index is 1.81. The molecule has 3 atom stereocenters. The second-order valence-electron chi connectivity index (χ2n) is 4.52. The van der Waals surface area contributed by atoms with Gasteiger partial charge >= 0.3 is 0 Å². The molecule has 0 aliphatic carbocycles. The molecular weight excluding hydrogens is 196 g/mol. The summed E-state index contributed by atoms with van der Waals surface area (Å²) in [6.45, 7) is 0.752. The summed E-state index contributed by atoms with van der Waals surface area (Å²) in [4.78, 5) is 0. The highest BCUT2D eigenvalue weighted by Gasteiger charge is 2.56. The van der Waals surface area contributed by atoms with E-state index in [-0.39, 0.29) is 0 Å². The fourth-order valence-corrected chi connectivity index (χ4v) is 2.65. The van der Waals surface area contributed by atoms with Crippen molar-refractivity contribution in [1.82, 2.24) is 0 Å². The predicted molar refractivity (Wildman–Crippen MR) is 51.8 cm³/mol. The van der Waals surface area contributed by atoms with Gasteiger partial charge in [0.1, 0.15) is 6.10 Å².